The maximum absolute atomic E-state index is 13.2. The van der Waals surface area contributed by atoms with Crippen LogP contribution in [0.2, 0.25) is 0 Å². The highest BCUT2D eigenvalue weighted by molar-refractivity contribution is 5.91. The molecular formula is C26H28F3N3O3. The summed E-state index contributed by atoms with van der Waals surface area (Å²) in [5, 5.41) is 13.3. The van der Waals surface area contributed by atoms with Gasteiger partial charge in [-0.05, 0) is 74.8 Å². The number of rotatable bonds is 6. The van der Waals surface area contributed by atoms with Gasteiger partial charge >= 0.3 is 12.1 Å². The van der Waals surface area contributed by atoms with E-state index in [0.717, 1.165) is 35.9 Å². The first-order valence-electron chi connectivity index (χ1n) is 11.6. The number of nitrogens with zero attached hydrogens (tertiary/aromatic N) is 2. The Labute approximate surface area is 201 Å². The Morgan fingerprint density at radius 3 is 2.49 bits per heavy atom. The average molecular weight is 488 g/mol. The van der Waals surface area contributed by atoms with E-state index in [1.54, 1.807) is 27.0 Å². The minimum absolute atomic E-state index is 0.139. The monoisotopic (exact) mass is 487 g/mol. The number of carboxylic acids is 1. The number of carbonyl (C=O) groups is 1. The first-order valence-corrected chi connectivity index (χ1v) is 11.6. The number of carboxylic acid groups (broad SMARTS) is 1. The fraction of sp³-hybridized carbons (Fsp3) is 0.423. The van der Waals surface area contributed by atoms with Crippen LogP contribution in [0.5, 0.6) is 5.75 Å². The van der Waals surface area contributed by atoms with Crippen LogP contribution >= 0.6 is 0 Å². The number of ether oxygens (including phenoxy) is 1. The summed E-state index contributed by atoms with van der Waals surface area (Å²) >= 11 is 0. The fourth-order valence-corrected chi connectivity index (χ4v) is 4.82. The highest BCUT2D eigenvalue weighted by atomic mass is 19.4. The molecule has 1 saturated carbocycles. The van der Waals surface area contributed by atoms with Gasteiger partial charge in [0.2, 0.25) is 0 Å². The van der Waals surface area contributed by atoms with E-state index in [2.05, 4.69) is 15.3 Å². The number of hydrogen-bond acceptors (Lipinski definition) is 5. The second-order valence-electron chi connectivity index (χ2n) is 9.11. The van der Waals surface area contributed by atoms with Crippen molar-refractivity contribution in [2.75, 3.05) is 12.4 Å². The largest absolute Gasteiger partial charge is 0.496 e. The third-order valence-corrected chi connectivity index (χ3v) is 6.74. The molecule has 1 fully saturated rings. The van der Waals surface area contributed by atoms with Crippen molar-refractivity contribution in [1.29, 1.82) is 0 Å². The lowest BCUT2D eigenvalue weighted by atomic mass is 9.78. The first-order chi connectivity index (χ1) is 16.6. The number of aliphatic carboxylic acids is 1. The van der Waals surface area contributed by atoms with E-state index in [0.29, 0.717) is 41.3 Å². The summed E-state index contributed by atoms with van der Waals surface area (Å²) < 4.78 is 45.2. The third kappa shape index (κ3) is 5.33. The summed E-state index contributed by atoms with van der Waals surface area (Å²) in [7, 11) is 1.59. The minimum Gasteiger partial charge on any atom is -0.496 e. The normalized spacial score (nSPS) is 19.4. The van der Waals surface area contributed by atoms with E-state index in [1.807, 2.05) is 12.1 Å². The smallest absolute Gasteiger partial charge is 0.416 e. The minimum atomic E-state index is -4.42. The lowest BCUT2D eigenvalue weighted by molar-refractivity contribution is -0.143. The van der Waals surface area contributed by atoms with Gasteiger partial charge < -0.3 is 15.2 Å². The number of hydrogen-bond donors (Lipinski definition) is 2. The molecule has 9 heteroatoms. The van der Waals surface area contributed by atoms with E-state index in [4.69, 9.17) is 4.74 Å². The molecule has 2 aromatic carbocycles. The predicted octanol–water partition coefficient (Wildman–Crippen LogP) is 6.50. The molecule has 1 heterocycles. The standard InChI is InChI=1S/C26H28F3N3O3/c1-14(18-5-4-6-19(11-18)26(27,28)29)30-24-21-12-20(16-7-9-17(10-8-16)25(33)34)23(35-3)13-22(21)31-15(2)32-24/h4-6,11-14,16-17H,7-10H2,1-3H3,(H,33,34)(H,30,31,32)/t14-,16?,17?/m1/s1. The van der Waals surface area contributed by atoms with Crippen LogP contribution < -0.4 is 10.1 Å². The quantitative estimate of drug-likeness (QED) is 0.413. The van der Waals surface area contributed by atoms with Gasteiger partial charge in [0.15, 0.2) is 0 Å². The van der Waals surface area contributed by atoms with Crippen LogP contribution in [0.15, 0.2) is 36.4 Å². The highest BCUT2D eigenvalue weighted by Gasteiger charge is 2.31. The van der Waals surface area contributed by atoms with Crippen LogP contribution in [0.25, 0.3) is 10.9 Å². The van der Waals surface area contributed by atoms with Gasteiger partial charge in [0.1, 0.15) is 17.4 Å². The molecule has 35 heavy (non-hydrogen) atoms. The van der Waals surface area contributed by atoms with Gasteiger partial charge in [-0.2, -0.15) is 13.2 Å². The summed E-state index contributed by atoms with van der Waals surface area (Å²) in [6.07, 6.45) is -1.75. The Bertz CT molecular complexity index is 1240. The van der Waals surface area contributed by atoms with Crippen molar-refractivity contribution in [3.8, 4) is 5.75 Å². The SMILES string of the molecule is COc1cc2nc(C)nc(N[C@H](C)c3cccc(C(F)(F)F)c3)c2cc1C1CCC(C(=O)O)CC1. The van der Waals surface area contributed by atoms with E-state index in [9.17, 15) is 23.1 Å². The van der Waals surface area contributed by atoms with Gasteiger partial charge in [-0.3, -0.25) is 4.79 Å². The van der Waals surface area contributed by atoms with Crippen molar-refractivity contribution in [3.05, 3.63) is 58.9 Å². The Morgan fingerprint density at radius 2 is 1.86 bits per heavy atom. The summed E-state index contributed by atoms with van der Waals surface area (Å²) in [6.45, 7) is 3.55. The zero-order chi connectivity index (χ0) is 25.3. The molecule has 0 saturated heterocycles. The molecule has 2 N–H and O–H groups in total. The Balaban J connectivity index is 1.69. The summed E-state index contributed by atoms with van der Waals surface area (Å²) in [5.41, 5.74) is 1.42. The first kappa shape index (κ1) is 24.8. The fourth-order valence-electron chi connectivity index (χ4n) is 4.82. The van der Waals surface area contributed by atoms with Gasteiger partial charge in [0.25, 0.3) is 0 Å². The Hall–Kier alpha value is -3.36. The summed E-state index contributed by atoms with van der Waals surface area (Å²) in [4.78, 5) is 20.4. The highest BCUT2D eigenvalue weighted by Crippen LogP contribution is 2.42. The average Bonchev–Trinajstić information content (AvgIpc) is 2.82. The number of aryl methyl sites for hydroxylation is 1. The van der Waals surface area contributed by atoms with Crippen LogP contribution in [-0.4, -0.2) is 28.2 Å². The molecule has 1 atom stereocenters. The van der Waals surface area contributed by atoms with Gasteiger partial charge in [0.05, 0.1) is 24.1 Å². The molecule has 0 unspecified atom stereocenters. The predicted molar refractivity (Wildman–Crippen MR) is 127 cm³/mol. The summed E-state index contributed by atoms with van der Waals surface area (Å²) in [5.74, 6) is 0.793. The lowest BCUT2D eigenvalue weighted by Crippen LogP contribution is -2.20. The van der Waals surface area contributed by atoms with Crippen LogP contribution in [0.4, 0.5) is 19.0 Å². The van der Waals surface area contributed by atoms with Gasteiger partial charge in [-0.25, -0.2) is 9.97 Å². The molecule has 0 amide bonds. The van der Waals surface area contributed by atoms with Crippen molar-refractivity contribution in [1.82, 2.24) is 9.97 Å². The second kappa shape index (κ2) is 9.71. The van der Waals surface area contributed by atoms with Gasteiger partial charge in [-0.1, -0.05) is 12.1 Å². The molecule has 1 aliphatic rings. The number of fused-ring (bicyclic) bond motifs is 1. The van der Waals surface area contributed by atoms with E-state index < -0.39 is 23.8 Å². The Kier molecular flexibility index (Phi) is 6.87. The molecule has 6 nitrogen and oxygen atoms in total. The van der Waals surface area contributed by atoms with E-state index in [1.165, 1.54) is 6.07 Å². The Morgan fingerprint density at radius 1 is 1.14 bits per heavy atom. The molecule has 1 aliphatic carbocycles. The van der Waals surface area contributed by atoms with Gasteiger partial charge in [0, 0.05) is 17.5 Å². The molecule has 0 radical (unpaired) electrons. The zero-order valence-corrected chi connectivity index (χ0v) is 19.8. The number of aromatic nitrogens is 2. The number of halogens is 3. The maximum atomic E-state index is 13.2. The topological polar surface area (TPSA) is 84.3 Å². The van der Waals surface area contributed by atoms with Crippen LogP contribution in [0.3, 0.4) is 0 Å². The van der Waals surface area contributed by atoms with E-state index in [-0.39, 0.29) is 11.8 Å². The van der Waals surface area contributed by atoms with Crippen molar-refractivity contribution in [2.45, 2.75) is 57.7 Å². The molecule has 3 aromatic rings. The van der Waals surface area contributed by atoms with E-state index >= 15 is 0 Å². The van der Waals surface area contributed by atoms with Gasteiger partial charge in [-0.15, -0.1) is 0 Å². The molecule has 4 rings (SSSR count). The second-order valence-corrected chi connectivity index (χ2v) is 9.11. The molecule has 1 aromatic heterocycles. The number of anilines is 1. The number of alkyl halides is 3. The molecular weight excluding hydrogens is 459 g/mol. The number of benzene rings is 2. The zero-order valence-electron chi connectivity index (χ0n) is 19.8. The molecule has 0 spiro atoms. The number of nitrogens with one attached hydrogen (secondary N) is 1. The van der Waals surface area contributed by atoms with Crippen molar-refractivity contribution >= 4 is 22.7 Å². The maximum Gasteiger partial charge on any atom is 0.416 e. The van der Waals surface area contributed by atoms with Crippen molar-refractivity contribution < 1.29 is 27.8 Å². The van der Waals surface area contributed by atoms with Crippen LogP contribution in [0, 0.1) is 12.8 Å². The number of methoxy groups -OCH3 is 1. The summed E-state index contributed by atoms with van der Waals surface area (Å²) in [6, 6.07) is 8.63. The van der Waals surface area contributed by atoms with Crippen LogP contribution in [0.1, 0.15) is 67.1 Å². The lowest BCUT2D eigenvalue weighted by Gasteiger charge is -2.28. The van der Waals surface area contributed by atoms with Crippen molar-refractivity contribution in [2.24, 2.45) is 5.92 Å². The molecule has 0 bridgehead atoms. The molecule has 0 aliphatic heterocycles. The molecule has 186 valence electrons. The van der Waals surface area contributed by atoms with Crippen molar-refractivity contribution in [3.63, 3.8) is 0 Å². The van der Waals surface area contributed by atoms with Crippen LogP contribution in [-0.2, 0) is 11.0 Å². The third-order valence-electron chi connectivity index (χ3n) is 6.74.